The fourth-order valence-electron chi connectivity index (χ4n) is 4.50. The number of nitrogens with zero attached hydrogens (tertiary/aromatic N) is 3. The quantitative estimate of drug-likeness (QED) is 0.532. The third-order valence-corrected chi connectivity index (χ3v) is 6.32. The van der Waals surface area contributed by atoms with E-state index >= 15 is 0 Å². The van der Waals surface area contributed by atoms with Gasteiger partial charge in [0.25, 0.3) is 0 Å². The molecule has 4 rings (SSSR count). The van der Waals surface area contributed by atoms with Crippen LogP contribution in [0.15, 0.2) is 72.9 Å². The van der Waals surface area contributed by atoms with E-state index < -0.39 is 0 Å². The van der Waals surface area contributed by atoms with Crippen molar-refractivity contribution in [2.45, 2.75) is 50.1 Å². The molecule has 1 aliphatic carbocycles. The third-order valence-electron chi connectivity index (χ3n) is 6.32. The molecule has 33 heavy (non-hydrogen) atoms. The molecule has 0 radical (unpaired) electrons. The first-order valence-corrected chi connectivity index (χ1v) is 11.7. The molecule has 0 unspecified atom stereocenters. The van der Waals surface area contributed by atoms with Crippen molar-refractivity contribution >= 4 is 17.7 Å². The van der Waals surface area contributed by atoms with Crippen LogP contribution in [0.25, 0.3) is 0 Å². The van der Waals surface area contributed by atoms with Gasteiger partial charge in [-0.25, -0.2) is 4.98 Å². The van der Waals surface area contributed by atoms with Crippen LogP contribution < -0.4 is 15.5 Å². The average molecular weight is 444 g/mol. The molecule has 0 atom stereocenters. The van der Waals surface area contributed by atoms with Gasteiger partial charge in [-0.15, -0.1) is 0 Å². The van der Waals surface area contributed by atoms with Crippen molar-refractivity contribution in [3.05, 3.63) is 84.1 Å². The van der Waals surface area contributed by atoms with E-state index in [9.17, 15) is 4.79 Å². The molecule has 0 spiro atoms. The molecule has 6 heteroatoms. The fourth-order valence-corrected chi connectivity index (χ4v) is 4.50. The summed E-state index contributed by atoms with van der Waals surface area (Å²) in [5, 5.41) is 6.76. The Labute approximate surface area is 196 Å². The summed E-state index contributed by atoms with van der Waals surface area (Å²) >= 11 is 0. The van der Waals surface area contributed by atoms with Gasteiger partial charge in [-0.3, -0.25) is 4.79 Å². The second kappa shape index (κ2) is 10.9. The second-order valence-electron chi connectivity index (χ2n) is 8.97. The molecule has 1 saturated carbocycles. The summed E-state index contributed by atoms with van der Waals surface area (Å²) in [5.41, 5.74) is 2.35. The summed E-state index contributed by atoms with van der Waals surface area (Å²) in [6.07, 6.45) is 6.13. The molecular formula is C27H33N5O. The number of nitrogens with one attached hydrogen (secondary N) is 2. The Bertz CT molecular complexity index is 977. The van der Waals surface area contributed by atoms with Crippen LogP contribution in [0.2, 0.25) is 0 Å². The number of carbonyl (C=O) groups is 1. The lowest BCUT2D eigenvalue weighted by Gasteiger charge is -2.30. The lowest BCUT2D eigenvalue weighted by molar-refractivity contribution is -0.122. The van der Waals surface area contributed by atoms with E-state index in [0.29, 0.717) is 18.4 Å². The smallest absolute Gasteiger partial charge is 0.224 e. The third kappa shape index (κ3) is 6.31. The summed E-state index contributed by atoms with van der Waals surface area (Å²) in [6.45, 7) is 0. The zero-order valence-corrected chi connectivity index (χ0v) is 19.4. The minimum atomic E-state index is 0.0616. The van der Waals surface area contributed by atoms with E-state index in [1.165, 1.54) is 11.1 Å². The van der Waals surface area contributed by atoms with Gasteiger partial charge in [0.1, 0.15) is 5.82 Å². The molecule has 6 nitrogen and oxygen atoms in total. The zero-order valence-electron chi connectivity index (χ0n) is 19.4. The van der Waals surface area contributed by atoms with Crippen LogP contribution in [0.4, 0.5) is 11.8 Å². The van der Waals surface area contributed by atoms with Crippen molar-refractivity contribution in [1.29, 1.82) is 0 Å². The van der Waals surface area contributed by atoms with Crippen LogP contribution in [0.5, 0.6) is 0 Å². The zero-order chi connectivity index (χ0) is 23.0. The predicted molar refractivity (Wildman–Crippen MR) is 134 cm³/mol. The molecule has 1 aromatic heterocycles. The Hall–Kier alpha value is -3.41. The number of anilines is 2. The summed E-state index contributed by atoms with van der Waals surface area (Å²) in [7, 11) is 3.94. The minimum Gasteiger partial charge on any atom is -0.363 e. The molecule has 1 fully saturated rings. The Kier molecular flexibility index (Phi) is 7.55. The highest BCUT2D eigenvalue weighted by molar-refractivity contribution is 5.78. The number of aromatic nitrogens is 2. The standard InChI is InChI=1S/C27H33N5O/c1-32(2)25-17-18-28-27(31-25)30-23-15-13-22(14-16-23)29-26(33)19-24(20-9-5-3-6-10-20)21-11-7-4-8-12-21/h3-12,17-18,22-24H,13-16,19H2,1-2H3,(H,29,33)(H,28,30,31). The number of carbonyl (C=O) groups excluding carboxylic acids is 1. The highest BCUT2D eigenvalue weighted by atomic mass is 16.1. The van der Waals surface area contributed by atoms with Gasteiger partial charge in [-0.1, -0.05) is 60.7 Å². The van der Waals surface area contributed by atoms with Crippen LogP contribution in [0, 0.1) is 0 Å². The molecule has 2 N–H and O–H groups in total. The first kappa shape index (κ1) is 22.8. The van der Waals surface area contributed by atoms with E-state index in [2.05, 4.69) is 44.9 Å². The van der Waals surface area contributed by atoms with Gasteiger partial charge in [0.15, 0.2) is 0 Å². The van der Waals surface area contributed by atoms with Crippen molar-refractivity contribution in [3.8, 4) is 0 Å². The van der Waals surface area contributed by atoms with Crippen LogP contribution in [-0.4, -0.2) is 42.1 Å². The van der Waals surface area contributed by atoms with Gasteiger partial charge < -0.3 is 15.5 Å². The normalized spacial score (nSPS) is 18.0. The molecule has 1 amide bonds. The van der Waals surface area contributed by atoms with Crippen LogP contribution in [0.3, 0.4) is 0 Å². The van der Waals surface area contributed by atoms with Gasteiger partial charge >= 0.3 is 0 Å². The Morgan fingerprint density at radius 3 is 2.06 bits per heavy atom. The second-order valence-corrected chi connectivity index (χ2v) is 8.97. The SMILES string of the molecule is CN(C)c1ccnc(NC2CCC(NC(=O)CC(c3ccccc3)c3ccccc3)CC2)n1. The highest BCUT2D eigenvalue weighted by Crippen LogP contribution is 2.28. The van der Waals surface area contributed by atoms with Gasteiger partial charge in [-0.2, -0.15) is 4.98 Å². The van der Waals surface area contributed by atoms with Gasteiger partial charge in [0, 0.05) is 44.7 Å². The maximum absolute atomic E-state index is 13.0. The van der Waals surface area contributed by atoms with Crippen molar-refractivity contribution < 1.29 is 4.79 Å². The molecule has 0 aliphatic heterocycles. The van der Waals surface area contributed by atoms with Crippen molar-refractivity contribution in [2.75, 3.05) is 24.3 Å². The molecule has 0 bridgehead atoms. The first-order valence-electron chi connectivity index (χ1n) is 11.7. The molecule has 0 saturated heterocycles. The molecule has 172 valence electrons. The number of hydrogen-bond acceptors (Lipinski definition) is 5. The largest absolute Gasteiger partial charge is 0.363 e. The molecule has 1 aliphatic rings. The van der Waals surface area contributed by atoms with Crippen molar-refractivity contribution in [1.82, 2.24) is 15.3 Å². The number of rotatable bonds is 8. The molecule has 3 aromatic rings. The van der Waals surface area contributed by atoms with Crippen LogP contribution in [0.1, 0.15) is 49.1 Å². The average Bonchev–Trinajstić information content (AvgIpc) is 2.85. The molecular weight excluding hydrogens is 410 g/mol. The Balaban J connectivity index is 1.31. The van der Waals surface area contributed by atoms with E-state index in [-0.39, 0.29) is 17.9 Å². The summed E-state index contributed by atoms with van der Waals surface area (Å²) < 4.78 is 0. The fraction of sp³-hybridized carbons (Fsp3) is 0.370. The lowest BCUT2D eigenvalue weighted by atomic mass is 9.87. The maximum Gasteiger partial charge on any atom is 0.224 e. The van der Waals surface area contributed by atoms with E-state index in [1.54, 1.807) is 6.20 Å². The Morgan fingerprint density at radius 1 is 0.909 bits per heavy atom. The first-order chi connectivity index (χ1) is 16.1. The molecule has 2 aromatic carbocycles. The van der Waals surface area contributed by atoms with Crippen molar-refractivity contribution in [2.24, 2.45) is 0 Å². The number of benzene rings is 2. The topological polar surface area (TPSA) is 70.2 Å². The van der Waals surface area contributed by atoms with E-state index in [4.69, 9.17) is 0 Å². The van der Waals surface area contributed by atoms with Gasteiger partial charge in [0.2, 0.25) is 11.9 Å². The minimum absolute atomic E-state index is 0.0616. The van der Waals surface area contributed by atoms with Crippen LogP contribution in [-0.2, 0) is 4.79 Å². The maximum atomic E-state index is 13.0. The van der Waals surface area contributed by atoms with Gasteiger partial charge in [0.05, 0.1) is 0 Å². The van der Waals surface area contributed by atoms with Crippen LogP contribution >= 0.6 is 0 Å². The van der Waals surface area contributed by atoms with Crippen molar-refractivity contribution in [3.63, 3.8) is 0 Å². The lowest BCUT2D eigenvalue weighted by Crippen LogP contribution is -2.40. The van der Waals surface area contributed by atoms with E-state index in [0.717, 1.165) is 31.5 Å². The predicted octanol–water partition coefficient (Wildman–Crippen LogP) is 4.60. The number of amides is 1. The molecule has 1 heterocycles. The summed E-state index contributed by atoms with van der Waals surface area (Å²) in [5.74, 6) is 1.74. The monoisotopic (exact) mass is 443 g/mol. The number of hydrogen-bond donors (Lipinski definition) is 2. The van der Waals surface area contributed by atoms with Gasteiger partial charge in [-0.05, 0) is 42.9 Å². The van der Waals surface area contributed by atoms with E-state index in [1.807, 2.05) is 61.5 Å². The highest BCUT2D eigenvalue weighted by Gasteiger charge is 2.25. The summed E-state index contributed by atoms with van der Waals surface area (Å²) in [4.78, 5) is 23.9. The Morgan fingerprint density at radius 2 is 1.48 bits per heavy atom. The summed E-state index contributed by atoms with van der Waals surface area (Å²) in [6, 6.07) is 23.0.